The monoisotopic (exact) mass is 484 g/mol. The van der Waals surface area contributed by atoms with Crippen LogP contribution in [-0.2, 0) is 6.54 Å². The summed E-state index contributed by atoms with van der Waals surface area (Å²) < 4.78 is 7.08. The molecule has 0 unspecified atom stereocenters. The summed E-state index contributed by atoms with van der Waals surface area (Å²) in [5.41, 5.74) is 1.14. The number of benzene rings is 1. The van der Waals surface area contributed by atoms with E-state index in [9.17, 15) is 19.6 Å². The third kappa shape index (κ3) is 4.59. The van der Waals surface area contributed by atoms with Gasteiger partial charge in [0.1, 0.15) is 17.4 Å². The molecule has 0 saturated heterocycles. The third-order valence-corrected chi connectivity index (χ3v) is 5.67. The lowest BCUT2D eigenvalue weighted by Gasteiger charge is -2.15. The molecular weight excluding hydrogens is 460 g/mol. The van der Waals surface area contributed by atoms with Crippen molar-refractivity contribution in [3.8, 4) is 17.7 Å². The number of ether oxygens (including phenoxy) is 1. The predicted molar refractivity (Wildman–Crippen MR) is 135 cm³/mol. The van der Waals surface area contributed by atoms with Gasteiger partial charge in [0, 0.05) is 24.1 Å². The highest BCUT2D eigenvalue weighted by atomic mass is 16.5. The minimum absolute atomic E-state index is 0.0382. The number of anilines is 1. The highest BCUT2D eigenvalue weighted by Crippen LogP contribution is 2.28. The standard InChI is InChI=1S/C26H24N6O4/c1-5-32-22-21(24(34)31-26(32)35)18(12-20(29-22)14(2)3)23(33)30-19-9-8-17(11-15(19)4)36-25-16(13-27)7-6-10-28-25/h6-12,14H,5H2,1-4H3,(H,30,33)(H,31,34,35). The predicted octanol–water partition coefficient (Wildman–Crippen LogP) is 3.85. The van der Waals surface area contributed by atoms with Crippen molar-refractivity contribution in [2.24, 2.45) is 0 Å². The van der Waals surface area contributed by atoms with Crippen molar-refractivity contribution < 1.29 is 9.53 Å². The molecule has 0 aliphatic heterocycles. The number of fused-ring (bicyclic) bond motifs is 1. The topological polar surface area (TPSA) is 143 Å². The molecule has 4 aromatic rings. The van der Waals surface area contributed by atoms with Crippen LogP contribution in [-0.4, -0.2) is 25.4 Å². The number of hydrogen-bond donors (Lipinski definition) is 2. The Labute approximate surface area is 206 Å². The molecule has 3 aromatic heterocycles. The van der Waals surface area contributed by atoms with Gasteiger partial charge >= 0.3 is 5.69 Å². The van der Waals surface area contributed by atoms with Gasteiger partial charge in [-0.2, -0.15) is 5.26 Å². The van der Waals surface area contributed by atoms with Gasteiger partial charge in [0.2, 0.25) is 5.88 Å². The molecule has 0 radical (unpaired) electrons. The number of nitrogens with one attached hydrogen (secondary N) is 2. The van der Waals surface area contributed by atoms with Crippen LogP contribution in [0.25, 0.3) is 11.0 Å². The fourth-order valence-corrected chi connectivity index (χ4v) is 3.76. The molecule has 0 atom stereocenters. The molecule has 2 N–H and O–H groups in total. The first-order valence-corrected chi connectivity index (χ1v) is 11.4. The second-order valence-electron chi connectivity index (χ2n) is 8.45. The maximum Gasteiger partial charge on any atom is 0.329 e. The highest BCUT2D eigenvalue weighted by Gasteiger charge is 2.21. The van der Waals surface area contributed by atoms with Gasteiger partial charge in [0.15, 0.2) is 5.65 Å². The van der Waals surface area contributed by atoms with Gasteiger partial charge in [0.05, 0.1) is 10.9 Å². The normalized spacial score (nSPS) is 10.9. The lowest BCUT2D eigenvalue weighted by atomic mass is 10.0. The average molecular weight is 485 g/mol. The van der Waals surface area contributed by atoms with Crippen LogP contribution in [0.3, 0.4) is 0 Å². The molecular formula is C26H24N6O4. The fraction of sp³-hybridized carbons (Fsp3) is 0.231. The number of nitrogens with zero attached hydrogens (tertiary/aromatic N) is 4. The molecule has 0 aliphatic rings. The first-order chi connectivity index (χ1) is 17.2. The van der Waals surface area contributed by atoms with Crippen LogP contribution < -0.4 is 21.3 Å². The maximum atomic E-state index is 13.4. The molecule has 3 heterocycles. The van der Waals surface area contributed by atoms with Crippen LogP contribution in [0.15, 0.2) is 52.2 Å². The van der Waals surface area contributed by atoms with Crippen LogP contribution in [0.4, 0.5) is 5.69 Å². The lowest BCUT2D eigenvalue weighted by Crippen LogP contribution is -2.32. The van der Waals surface area contributed by atoms with Crippen molar-refractivity contribution in [2.75, 3.05) is 5.32 Å². The quantitative estimate of drug-likeness (QED) is 0.423. The summed E-state index contributed by atoms with van der Waals surface area (Å²) in [6.07, 6.45) is 1.53. The first kappa shape index (κ1) is 24.3. The molecule has 1 aromatic carbocycles. The molecule has 0 bridgehead atoms. The van der Waals surface area contributed by atoms with E-state index in [1.807, 2.05) is 19.9 Å². The molecule has 0 spiro atoms. The number of carbonyl (C=O) groups is 1. The second-order valence-corrected chi connectivity index (χ2v) is 8.45. The lowest BCUT2D eigenvalue weighted by molar-refractivity contribution is 0.102. The van der Waals surface area contributed by atoms with Crippen molar-refractivity contribution in [3.05, 3.63) is 85.8 Å². The number of amides is 1. The number of aromatic nitrogens is 4. The molecule has 4 rings (SSSR count). The zero-order valence-electron chi connectivity index (χ0n) is 20.2. The van der Waals surface area contributed by atoms with Crippen LogP contribution in [0.5, 0.6) is 11.6 Å². The molecule has 182 valence electrons. The van der Waals surface area contributed by atoms with Crippen LogP contribution >= 0.6 is 0 Å². The van der Waals surface area contributed by atoms with Gasteiger partial charge in [-0.3, -0.25) is 19.1 Å². The van der Waals surface area contributed by atoms with Crippen LogP contribution in [0, 0.1) is 18.3 Å². The van der Waals surface area contributed by atoms with E-state index in [-0.39, 0.29) is 34.9 Å². The minimum atomic E-state index is -0.670. The fourth-order valence-electron chi connectivity index (χ4n) is 3.76. The summed E-state index contributed by atoms with van der Waals surface area (Å²) >= 11 is 0. The maximum absolute atomic E-state index is 13.4. The zero-order valence-corrected chi connectivity index (χ0v) is 20.2. The largest absolute Gasteiger partial charge is 0.438 e. The summed E-state index contributed by atoms with van der Waals surface area (Å²) in [4.78, 5) is 49.3. The molecule has 36 heavy (non-hydrogen) atoms. The van der Waals surface area contributed by atoms with E-state index in [1.165, 1.54) is 10.8 Å². The van der Waals surface area contributed by atoms with Gasteiger partial charge in [-0.05, 0) is 61.7 Å². The van der Waals surface area contributed by atoms with E-state index >= 15 is 0 Å². The number of aryl methyl sites for hydroxylation is 2. The molecule has 0 aliphatic carbocycles. The summed E-state index contributed by atoms with van der Waals surface area (Å²) in [5, 5.41) is 12.1. The molecule has 0 saturated carbocycles. The summed E-state index contributed by atoms with van der Waals surface area (Å²) in [5.74, 6) is 0.0792. The summed E-state index contributed by atoms with van der Waals surface area (Å²) in [7, 11) is 0. The van der Waals surface area contributed by atoms with E-state index < -0.39 is 17.2 Å². The van der Waals surface area contributed by atoms with Gasteiger partial charge in [-0.25, -0.2) is 14.8 Å². The molecule has 10 heteroatoms. The van der Waals surface area contributed by atoms with Crippen LogP contribution in [0.2, 0.25) is 0 Å². The Morgan fingerprint density at radius 3 is 2.69 bits per heavy atom. The number of aromatic amines is 1. The Bertz CT molecular complexity index is 1650. The van der Waals surface area contributed by atoms with E-state index in [0.717, 1.165) is 0 Å². The Morgan fingerprint density at radius 2 is 2.03 bits per heavy atom. The van der Waals surface area contributed by atoms with Gasteiger partial charge in [-0.15, -0.1) is 0 Å². The van der Waals surface area contributed by atoms with Crippen molar-refractivity contribution in [3.63, 3.8) is 0 Å². The van der Waals surface area contributed by atoms with Crippen LogP contribution in [0.1, 0.15) is 53.9 Å². The third-order valence-electron chi connectivity index (χ3n) is 5.67. The van der Waals surface area contributed by atoms with Gasteiger partial charge in [-0.1, -0.05) is 13.8 Å². The Hall–Kier alpha value is -4.78. The van der Waals surface area contributed by atoms with E-state index in [0.29, 0.717) is 28.3 Å². The number of nitriles is 1. The first-order valence-electron chi connectivity index (χ1n) is 11.4. The van der Waals surface area contributed by atoms with Crippen molar-refractivity contribution in [1.82, 2.24) is 19.5 Å². The Kier molecular flexibility index (Phi) is 6.65. The number of H-pyrrole nitrogens is 1. The Balaban J connectivity index is 1.72. The zero-order chi connectivity index (χ0) is 26.0. The molecule has 1 amide bonds. The minimum Gasteiger partial charge on any atom is -0.438 e. The van der Waals surface area contributed by atoms with Gasteiger partial charge in [0.25, 0.3) is 11.5 Å². The van der Waals surface area contributed by atoms with E-state index in [1.54, 1.807) is 50.2 Å². The second kappa shape index (κ2) is 9.84. The van der Waals surface area contributed by atoms with Gasteiger partial charge < -0.3 is 10.1 Å². The SMILES string of the molecule is CCn1c(=O)[nH]c(=O)c2c(C(=O)Nc3ccc(Oc4ncccc4C#N)cc3C)cc(C(C)C)nc21. The Morgan fingerprint density at radius 1 is 1.25 bits per heavy atom. The van der Waals surface area contributed by atoms with Crippen molar-refractivity contribution in [1.29, 1.82) is 5.26 Å². The smallest absolute Gasteiger partial charge is 0.329 e. The number of hydrogen-bond acceptors (Lipinski definition) is 7. The number of rotatable bonds is 6. The van der Waals surface area contributed by atoms with Crippen molar-refractivity contribution >= 4 is 22.6 Å². The number of pyridine rings is 2. The van der Waals surface area contributed by atoms with E-state index in [4.69, 9.17) is 4.74 Å². The molecule has 10 nitrogen and oxygen atoms in total. The van der Waals surface area contributed by atoms with Crippen molar-refractivity contribution in [2.45, 2.75) is 40.2 Å². The average Bonchev–Trinajstić information content (AvgIpc) is 2.85. The number of carbonyl (C=O) groups excluding carboxylic acids is 1. The summed E-state index contributed by atoms with van der Waals surface area (Å²) in [6, 6.07) is 11.9. The van der Waals surface area contributed by atoms with E-state index in [2.05, 4.69) is 20.3 Å². The molecule has 0 fully saturated rings. The highest BCUT2D eigenvalue weighted by molar-refractivity contribution is 6.12. The summed E-state index contributed by atoms with van der Waals surface area (Å²) in [6.45, 7) is 7.67.